The molecule has 0 amide bonds. The highest BCUT2D eigenvalue weighted by Crippen LogP contribution is 2.25. The largest absolute Gasteiger partial charge is 0.427 e. The Morgan fingerprint density at radius 2 is 2.24 bits per heavy atom. The first-order chi connectivity index (χ1) is 8.33. The van der Waals surface area contributed by atoms with E-state index in [1.165, 1.54) is 0 Å². The van der Waals surface area contributed by atoms with Crippen LogP contribution in [0, 0.1) is 5.92 Å². The van der Waals surface area contributed by atoms with Gasteiger partial charge in [-0.15, -0.1) is 0 Å². The number of fused-ring (bicyclic) bond motifs is 1. The Labute approximate surface area is 100 Å². The number of nitrogens with zero attached hydrogens (tertiary/aromatic N) is 2. The topological polar surface area (TPSA) is 47.3 Å². The molecule has 3 aliphatic heterocycles. The van der Waals surface area contributed by atoms with Crippen LogP contribution in [0.3, 0.4) is 0 Å². The van der Waals surface area contributed by atoms with E-state index in [9.17, 15) is 5.21 Å². The number of aromatic nitrogens is 2. The third kappa shape index (κ3) is 2.13. The fourth-order valence-electron chi connectivity index (χ4n) is 2.43. The predicted octanol–water partition coefficient (Wildman–Crippen LogP) is 2.19. The summed E-state index contributed by atoms with van der Waals surface area (Å²) in [5.41, 5.74) is 2.07. The van der Waals surface area contributed by atoms with Crippen LogP contribution in [0.15, 0.2) is 24.4 Å². The second-order valence-electron chi connectivity index (χ2n) is 4.64. The van der Waals surface area contributed by atoms with Crippen molar-refractivity contribution < 1.29 is 9.94 Å². The summed E-state index contributed by atoms with van der Waals surface area (Å²) >= 11 is 0. The van der Waals surface area contributed by atoms with Crippen molar-refractivity contribution in [3.63, 3.8) is 0 Å². The van der Waals surface area contributed by atoms with Gasteiger partial charge in [-0.05, 0) is 43.4 Å². The van der Waals surface area contributed by atoms with E-state index in [0.29, 0.717) is 11.7 Å². The highest BCUT2D eigenvalue weighted by molar-refractivity contribution is 5.58. The van der Waals surface area contributed by atoms with Crippen molar-refractivity contribution in [2.75, 3.05) is 13.2 Å². The summed E-state index contributed by atoms with van der Waals surface area (Å²) in [6, 6.07) is 5.86. The molecule has 4 heteroatoms. The molecule has 4 nitrogen and oxygen atoms in total. The van der Waals surface area contributed by atoms with Crippen LogP contribution in [0.25, 0.3) is 11.4 Å². The minimum atomic E-state index is 0.648. The fourth-order valence-corrected chi connectivity index (χ4v) is 2.43. The summed E-state index contributed by atoms with van der Waals surface area (Å²) in [6.45, 7) is 1.73. The summed E-state index contributed by atoms with van der Waals surface area (Å²) in [6.07, 6.45) is 4.82. The van der Waals surface area contributed by atoms with Crippen LogP contribution in [0.4, 0.5) is 0 Å². The molecule has 3 aliphatic rings. The molecular weight excluding hydrogens is 216 g/mol. The smallest absolute Gasteiger partial charge is 0.175 e. The molecule has 0 aromatic rings. The lowest BCUT2D eigenvalue weighted by atomic mass is 9.95. The second kappa shape index (κ2) is 4.37. The Morgan fingerprint density at radius 1 is 1.41 bits per heavy atom. The molecule has 0 saturated carbocycles. The normalized spacial score (nSPS) is 17.6. The molecule has 0 atom stereocenters. The summed E-state index contributed by atoms with van der Waals surface area (Å²) in [4.78, 5) is 4.48. The molecule has 0 aromatic carbocycles. The SMILES string of the molecule is On1cccc2cc(CC3CCOCC3)nc1-2. The van der Waals surface area contributed by atoms with Gasteiger partial charge in [0, 0.05) is 30.7 Å². The van der Waals surface area contributed by atoms with Crippen LogP contribution in [0.1, 0.15) is 18.5 Å². The van der Waals surface area contributed by atoms with E-state index in [-0.39, 0.29) is 0 Å². The zero-order valence-electron chi connectivity index (χ0n) is 9.67. The summed E-state index contributed by atoms with van der Waals surface area (Å²) in [5, 5.41) is 9.62. The minimum absolute atomic E-state index is 0.648. The van der Waals surface area contributed by atoms with Gasteiger partial charge < -0.3 is 9.94 Å². The molecule has 3 rings (SSSR count). The third-order valence-electron chi connectivity index (χ3n) is 3.39. The van der Waals surface area contributed by atoms with Crippen molar-refractivity contribution in [1.29, 1.82) is 0 Å². The average molecular weight is 232 g/mol. The van der Waals surface area contributed by atoms with Gasteiger partial charge in [-0.1, -0.05) is 0 Å². The van der Waals surface area contributed by atoms with E-state index in [1.54, 1.807) is 6.20 Å². The highest BCUT2D eigenvalue weighted by atomic mass is 16.5. The highest BCUT2D eigenvalue weighted by Gasteiger charge is 2.18. The lowest BCUT2D eigenvalue weighted by Gasteiger charge is -2.20. The molecule has 0 bridgehead atoms. The number of pyridine rings is 1. The Kier molecular flexibility index (Phi) is 2.73. The van der Waals surface area contributed by atoms with Crippen LogP contribution in [-0.2, 0) is 11.2 Å². The number of hydrogen-bond donors (Lipinski definition) is 1. The van der Waals surface area contributed by atoms with Crippen molar-refractivity contribution >= 4 is 0 Å². The minimum Gasteiger partial charge on any atom is -0.427 e. The van der Waals surface area contributed by atoms with Gasteiger partial charge in [-0.2, -0.15) is 4.73 Å². The van der Waals surface area contributed by atoms with E-state index in [4.69, 9.17) is 4.74 Å². The number of hydrogen-bond acceptors (Lipinski definition) is 3. The molecule has 3 heterocycles. The van der Waals surface area contributed by atoms with Gasteiger partial charge in [-0.25, -0.2) is 4.98 Å². The number of ether oxygens (including phenoxy) is 1. The summed E-state index contributed by atoms with van der Waals surface area (Å²) in [7, 11) is 0. The maximum Gasteiger partial charge on any atom is 0.175 e. The average Bonchev–Trinajstić information content (AvgIpc) is 2.74. The van der Waals surface area contributed by atoms with Gasteiger partial charge >= 0.3 is 0 Å². The zero-order chi connectivity index (χ0) is 11.7. The van der Waals surface area contributed by atoms with Crippen molar-refractivity contribution in [1.82, 2.24) is 9.71 Å². The number of rotatable bonds is 2. The first-order valence-electron chi connectivity index (χ1n) is 6.07. The Bertz CT molecular complexity index is 475. The van der Waals surface area contributed by atoms with Gasteiger partial charge in [0.2, 0.25) is 0 Å². The van der Waals surface area contributed by atoms with Crippen molar-refractivity contribution in [3.05, 3.63) is 30.1 Å². The zero-order valence-corrected chi connectivity index (χ0v) is 9.67. The lowest BCUT2D eigenvalue weighted by molar-refractivity contribution is 0.0663. The van der Waals surface area contributed by atoms with Gasteiger partial charge in [-0.3, -0.25) is 0 Å². The van der Waals surface area contributed by atoms with Gasteiger partial charge in [0.05, 0.1) is 0 Å². The van der Waals surface area contributed by atoms with Crippen molar-refractivity contribution in [2.45, 2.75) is 19.3 Å². The second-order valence-corrected chi connectivity index (χ2v) is 4.64. The van der Waals surface area contributed by atoms with Crippen molar-refractivity contribution in [2.24, 2.45) is 5.92 Å². The maximum atomic E-state index is 9.62. The van der Waals surface area contributed by atoms with Crippen molar-refractivity contribution in [3.8, 4) is 11.4 Å². The van der Waals surface area contributed by atoms with Crippen LogP contribution in [-0.4, -0.2) is 28.1 Å². The monoisotopic (exact) mass is 232 g/mol. The fraction of sp³-hybridized carbons (Fsp3) is 0.462. The standard InChI is InChI=1S/C13H16N2O2/c16-15-5-1-2-11-9-12(14-13(11)15)8-10-3-6-17-7-4-10/h1-2,5,9-10,16H,3-4,6-8H2. The first kappa shape index (κ1) is 10.6. The molecule has 0 unspecified atom stereocenters. The Balaban J connectivity index is 1.81. The van der Waals surface area contributed by atoms with Crippen LogP contribution in [0.5, 0.6) is 0 Å². The molecular formula is C13H16N2O2. The van der Waals surface area contributed by atoms with Gasteiger partial charge in [0.25, 0.3) is 0 Å². The van der Waals surface area contributed by atoms with Crippen LogP contribution in [0.2, 0.25) is 0 Å². The third-order valence-corrected chi connectivity index (χ3v) is 3.39. The Morgan fingerprint density at radius 3 is 3.00 bits per heavy atom. The van der Waals surface area contributed by atoms with E-state index in [2.05, 4.69) is 11.1 Å². The molecule has 0 spiro atoms. The van der Waals surface area contributed by atoms with E-state index < -0.39 is 0 Å². The molecule has 1 N–H and O–H groups in total. The van der Waals surface area contributed by atoms with Crippen LogP contribution < -0.4 is 0 Å². The Hall–Kier alpha value is -1.55. The summed E-state index contributed by atoms with van der Waals surface area (Å²) < 4.78 is 6.44. The molecule has 17 heavy (non-hydrogen) atoms. The molecule has 1 fully saturated rings. The van der Waals surface area contributed by atoms with Gasteiger partial charge in [0.15, 0.2) is 5.82 Å². The molecule has 0 aliphatic carbocycles. The molecule has 1 saturated heterocycles. The van der Waals surface area contributed by atoms with E-state index >= 15 is 0 Å². The molecule has 0 aromatic heterocycles. The molecule has 90 valence electrons. The van der Waals surface area contributed by atoms with Gasteiger partial charge in [0.1, 0.15) is 0 Å². The quantitative estimate of drug-likeness (QED) is 0.807. The van der Waals surface area contributed by atoms with Crippen LogP contribution >= 0.6 is 0 Å². The summed E-state index contributed by atoms with van der Waals surface area (Å²) in [5.74, 6) is 1.31. The lowest BCUT2D eigenvalue weighted by Crippen LogP contribution is -2.17. The predicted molar refractivity (Wildman–Crippen MR) is 63.3 cm³/mol. The molecule has 0 radical (unpaired) electrons. The van der Waals surface area contributed by atoms with E-state index in [1.807, 2.05) is 12.1 Å². The van der Waals surface area contributed by atoms with E-state index in [0.717, 1.165) is 48.5 Å². The first-order valence-corrected chi connectivity index (χ1v) is 6.07. The maximum absolute atomic E-state index is 9.62.